The Morgan fingerprint density at radius 3 is 2.94 bits per heavy atom. The van der Waals surface area contributed by atoms with Crippen LogP contribution in [0.15, 0.2) is 22.8 Å². The maximum absolute atomic E-state index is 5.83. The second kappa shape index (κ2) is 5.94. The lowest BCUT2D eigenvalue weighted by atomic mass is 10.0. The standard InChI is InChI=1S/C13H20BrN3/c1-17(13-4-2-3-10(13)7-15)9-12-6-5-11(14)8-16-12/h5-6,8,10,13H,2-4,7,9,15H2,1H3. The summed E-state index contributed by atoms with van der Waals surface area (Å²) in [7, 11) is 2.18. The summed E-state index contributed by atoms with van der Waals surface area (Å²) in [6, 6.07) is 4.75. The Morgan fingerprint density at radius 1 is 1.47 bits per heavy atom. The minimum Gasteiger partial charge on any atom is -0.330 e. The molecule has 2 N–H and O–H groups in total. The number of hydrogen-bond acceptors (Lipinski definition) is 3. The van der Waals surface area contributed by atoms with Crippen LogP contribution in [-0.4, -0.2) is 29.5 Å². The lowest BCUT2D eigenvalue weighted by molar-refractivity contribution is 0.191. The Balaban J connectivity index is 1.96. The highest BCUT2D eigenvalue weighted by atomic mass is 79.9. The maximum Gasteiger partial charge on any atom is 0.0544 e. The summed E-state index contributed by atoms with van der Waals surface area (Å²) >= 11 is 3.41. The van der Waals surface area contributed by atoms with Gasteiger partial charge in [-0.1, -0.05) is 6.42 Å². The van der Waals surface area contributed by atoms with E-state index < -0.39 is 0 Å². The van der Waals surface area contributed by atoms with Crippen molar-refractivity contribution < 1.29 is 0 Å². The number of halogens is 1. The van der Waals surface area contributed by atoms with Crippen molar-refractivity contribution in [2.45, 2.75) is 31.8 Å². The van der Waals surface area contributed by atoms with Gasteiger partial charge in [-0.25, -0.2) is 0 Å². The van der Waals surface area contributed by atoms with Gasteiger partial charge in [-0.15, -0.1) is 0 Å². The zero-order valence-electron chi connectivity index (χ0n) is 10.3. The Morgan fingerprint density at radius 2 is 2.29 bits per heavy atom. The highest BCUT2D eigenvalue weighted by molar-refractivity contribution is 9.10. The first kappa shape index (κ1) is 13.0. The van der Waals surface area contributed by atoms with E-state index in [1.54, 1.807) is 0 Å². The monoisotopic (exact) mass is 297 g/mol. The molecule has 0 radical (unpaired) electrons. The van der Waals surface area contributed by atoms with E-state index in [1.165, 1.54) is 19.3 Å². The Kier molecular flexibility index (Phi) is 4.54. The quantitative estimate of drug-likeness (QED) is 0.928. The summed E-state index contributed by atoms with van der Waals surface area (Å²) in [5.74, 6) is 0.662. The molecule has 2 unspecified atom stereocenters. The molecule has 0 bridgehead atoms. The van der Waals surface area contributed by atoms with Crippen molar-refractivity contribution in [1.29, 1.82) is 0 Å². The second-order valence-corrected chi connectivity index (χ2v) is 5.79. The van der Waals surface area contributed by atoms with Crippen molar-refractivity contribution in [2.75, 3.05) is 13.6 Å². The SMILES string of the molecule is CN(Cc1ccc(Br)cn1)C1CCCC1CN. The van der Waals surface area contributed by atoms with Crippen LogP contribution in [0.25, 0.3) is 0 Å². The molecule has 0 saturated heterocycles. The third-order valence-corrected chi connectivity index (χ3v) is 4.16. The van der Waals surface area contributed by atoms with Crippen LogP contribution in [0.4, 0.5) is 0 Å². The average Bonchev–Trinajstić information content (AvgIpc) is 2.80. The second-order valence-electron chi connectivity index (χ2n) is 4.88. The molecule has 1 aliphatic rings. The number of rotatable bonds is 4. The van der Waals surface area contributed by atoms with Crippen LogP contribution in [0.3, 0.4) is 0 Å². The summed E-state index contributed by atoms with van der Waals surface area (Å²) in [4.78, 5) is 6.82. The normalized spacial score (nSPS) is 24.5. The zero-order valence-corrected chi connectivity index (χ0v) is 11.9. The third-order valence-electron chi connectivity index (χ3n) is 3.69. The van der Waals surface area contributed by atoms with Gasteiger partial charge in [0.25, 0.3) is 0 Å². The molecule has 3 nitrogen and oxygen atoms in total. The molecule has 4 heteroatoms. The molecule has 0 amide bonds. The highest BCUT2D eigenvalue weighted by Crippen LogP contribution is 2.29. The van der Waals surface area contributed by atoms with E-state index in [2.05, 4.69) is 38.9 Å². The summed E-state index contributed by atoms with van der Waals surface area (Å²) in [6.07, 6.45) is 5.72. The van der Waals surface area contributed by atoms with Crippen LogP contribution in [0.5, 0.6) is 0 Å². The lowest BCUT2D eigenvalue weighted by Crippen LogP contribution is -2.37. The first-order chi connectivity index (χ1) is 8.20. The van der Waals surface area contributed by atoms with Crippen LogP contribution in [0.1, 0.15) is 25.0 Å². The largest absolute Gasteiger partial charge is 0.330 e. The molecular weight excluding hydrogens is 278 g/mol. The molecule has 1 heterocycles. The van der Waals surface area contributed by atoms with Crippen molar-refractivity contribution >= 4 is 15.9 Å². The number of nitrogens with two attached hydrogens (primary N) is 1. The number of pyridine rings is 1. The smallest absolute Gasteiger partial charge is 0.0544 e. The molecule has 2 atom stereocenters. The van der Waals surface area contributed by atoms with Gasteiger partial charge in [-0.05, 0) is 60.4 Å². The van der Waals surface area contributed by atoms with Gasteiger partial charge in [-0.2, -0.15) is 0 Å². The van der Waals surface area contributed by atoms with E-state index in [0.29, 0.717) is 12.0 Å². The third kappa shape index (κ3) is 3.27. The zero-order chi connectivity index (χ0) is 12.3. The van der Waals surface area contributed by atoms with Crippen molar-refractivity contribution in [2.24, 2.45) is 11.7 Å². The highest BCUT2D eigenvalue weighted by Gasteiger charge is 2.29. The minimum absolute atomic E-state index is 0.630. The van der Waals surface area contributed by atoms with Crippen molar-refractivity contribution in [3.8, 4) is 0 Å². The maximum atomic E-state index is 5.83. The topological polar surface area (TPSA) is 42.2 Å². The van der Waals surface area contributed by atoms with Crippen molar-refractivity contribution in [3.05, 3.63) is 28.5 Å². The summed E-state index contributed by atoms with van der Waals surface area (Å²) < 4.78 is 1.03. The first-order valence-electron chi connectivity index (χ1n) is 6.21. The molecular formula is C13H20BrN3. The van der Waals surface area contributed by atoms with Crippen LogP contribution >= 0.6 is 15.9 Å². The Labute approximate surface area is 112 Å². The average molecular weight is 298 g/mol. The summed E-state index contributed by atoms with van der Waals surface area (Å²) in [6.45, 7) is 1.72. The van der Waals surface area contributed by atoms with Gasteiger partial charge in [0, 0.05) is 23.3 Å². The fraction of sp³-hybridized carbons (Fsp3) is 0.615. The van der Waals surface area contributed by atoms with Crippen LogP contribution in [0.2, 0.25) is 0 Å². The predicted molar refractivity (Wildman–Crippen MR) is 73.6 cm³/mol. The minimum atomic E-state index is 0.630. The summed E-state index contributed by atoms with van der Waals surface area (Å²) in [5.41, 5.74) is 6.95. The molecule has 2 rings (SSSR count). The van der Waals surface area contributed by atoms with E-state index >= 15 is 0 Å². The van der Waals surface area contributed by atoms with Gasteiger partial charge in [-0.3, -0.25) is 9.88 Å². The fourth-order valence-electron chi connectivity index (χ4n) is 2.75. The number of hydrogen-bond donors (Lipinski definition) is 1. The molecule has 17 heavy (non-hydrogen) atoms. The van der Waals surface area contributed by atoms with E-state index in [0.717, 1.165) is 23.3 Å². The van der Waals surface area contributed by atoms with Crippen LogP contribution < -0.4 is 5.73 Å². The number of aromatic nitrogens is 1. The molecule has 0 aliphatic heterocycles. The molecule has 1 aromatic rings. The fourth-order valence-corrected chi connectivity index (χ4v) is 2.98. The van der Waals surface area contributed by atoms with Crippen molar-refractivity contribution in [3.63, 3.8) is 0 Å². The van der Waals surface area contributed by atoms with Gasteiger partial charge in [0.1, 0.15) is 0 Å². The first-order valence-corrected chi connectivity index (χ1v) is 7.00. The molecule has 94 valence electrons. The van der Waals surface area contributed by atoms with Gasteiger partial charge in [0.15, 0.2) is 0 Å². The van der Waals surface area contributed by atoms with Gasteiger partial charge < -0.3 is 5.73 Å². The van der Waals surface area contributed by atoms with E-state index in [1.807, 2.05) is 12.3 Å². The predicted octanol–water partition coefficient (Wildman–Crippen LogP) is 2.40. The van der Waals surface area contributed by atoms with Crippen LogP contribution in [-0.2, 0) is 6.54 Å². The van der Waals surface area contributed by atoms with Crippen LogP contribution in [0, 0.1) is 5.92 Å². The van der Waals surface area contributed by atoms with Gasteiger partial charge in [0.2, 0.25) is 0 Å². The van der Waals surface area contributed by atoms with E-state index in [4.69, 9.17) is 5.73 Å². The molecule has 1 fully saturated rings. The number of nitrogens with zero attached hydrogens (tertiary/aromatic N) is 2. The summed E-state index contributed by atoms with van der Waals surface area (Å²) in [5, 5.41) is 0. The molecule has 1 saturated carbocycles. The lowest BCUT2D eigenvalue weighted by Gasteiger charge is -2.28. The molecule has 1 aliphatic carbocycles. The Hall–Kier alpha value is -0.450. The van der Waals surface area contributed by atoms with Gasteiger partial charge >= 0.3 is 0 Å². The van der Waals surface area contributed by atoms with Gasteiger partial charge in [0.05, 0.1) is 5.69 Å². The molecule has 0 aromatic carbocycles. The Bertz CT molecular complexity index is 352. The van der Waals surface area contributed by atoms with E-state index in [9.17, 15) is 0 Å². The van der Waals surface area contributed by atoms with Crippen molar-refractivity contribution in [1.82, 2.24) is 9.88 Å². The van der Waals surface area contributed by atoms with E-state index in [-0.39, 0.29) is 0 Å². The molecule has 1 aromatic heterocycles. The molecule has 0 spiro atoms.